The maximum Gasteiger partial charge on any atom is 0.0491 e. The Balaban J connectivity index is 1.14. The average molecular weight is 653 g/mol. The Morgan fingerprint density at radius 2 is 0.922 bits per heavy atom. The highest BCUT2D eigenvalue weighted by molar-refractivity contribution is 5.91. The quantitative estimate of drug-likeness (QED) is 0.156. The Morgan fingerprint density at radius 3 is 1.51 bits per heavy atom. The number of benzene rings is 7. The van der Waals surface area contributed by atoms with Crippen molar-refractivity contribution in [2.24, 2.45) is 0 Å². The number of hydrogen-bond donors (Lipinski definition) is 1. The van der Waals surface area contributed by atoms with Crippen LogP contribution in [0.15, 0.2) is 200 Å². The zero-order chi connectivity index (χ0) is 34.2. The lowest BCUT2D eigenvalue weighted by atomic mass is 10.00. The van der Waals surface area contributed by atoms with Crippen molar-refractivity contribution in [2.75, 3.05) is 10.2 Å². The molecule has 0 fully saturated rings. The second-order valence-electron chi connectivity index (χ2n) is 12.5. The Labute approximate surface area is 300 Å². The normalized spacial score (nSPS) is 11.9. The second-order valence-corrected chi connectivity index (χ2v) is 12.5. The van der Waals surface area contributed by atoms with Crippen molar-refractivity contribution < 1.29 is 0 Å². The molecular weight excluding hydrogens is 617 g/mol. The molecule has 0 amide bonds. The summed E-state index contributed by atoms with van der Waals surface area (Å²) in [6, 6.07) is 64.4. The SMILES string of the molecule is C1#CC(c2ccc(N(c3ccccc3)c3ccc(-c4ccccc4)cc3)cc2Nc2ccc(-c3ccc(-c4ccccc4)cc3)cc2)=CC=CC1. The molecule has 2 heteroatoms. The van der Waals surface area contributed by atoms with E-state index in [4.69, 9.17) is 0 Å². The van der Waals surface area contributed by atoms with Crippen LogP contribution in [0.1, 0.15) is 12.0 Å². The first-order valence-electron chi connectivity index (χ1n) is 17.3. The standard InChI is InChI=1S/C49H36N2/c1-2-7-19-43(18-6-1)48-35-34-47(51(45-20-12-5-13-21-45)46-32-28-42(29-33-46)38-16-10-4-11-17-38)36-49(48)50-44-30-26-41(27-31-44)40-24-22-39(23-25-40)37-14-8-3-9-15-37/h1,3-6,8-18,20-36,50H,2H2. The van der Waals surface area contributed by atoms with E-state index in [1.165, 1.54) is 33.4 Å². The number of nitrogens with zero attached hydrogens (tertiary/aromatic N) is 1. The third-order valence-corrected chi connectivity index (χ3v) is 9.13. The van der Waals surface area contributed by atoms with Crippen molar-refractivity contribution in [3.63, 3.8) is 0 Å². The van der Waals surface area contributed by atoms with E-state index in [0.29, 0.717) is 0 Å². The number of nitrogens with one attached hydrogen (secondary N) is 1. The predicted molar refractivity (Wildman–Crippen MR) is 217 cm³/mol. The van der Waals surface area contributed by atoms with Crippen LogP contribution in [-0.4, -0.2) is 0 Å². The fourth-order valence-corrected chi connectivity index (χ4v) is 6.49. The smallest absolute Gasteiger partial charge is 0.0491 e. The zero-order valence-corrected chi connectivity index (χ0v) is 28.2. The van der Waals surface area contributed by atoms with E-state index in [9.17, 15) is 0 Å². The van der Waals surface area contributed by atoms with Crippen molar-refractivity contribution in [3.05, 3.63) is 206 Å². The molecule has 0 bridgehead atoms. The van der Waals surface area contributed by atoms with Crippen LogP contribution in [0.4, 0.5) is 28.4 Å². The molecule has 8 rings (SSSR count). The summed E-state index contributed by atoms with van der Waals surface area (Å²) in [7, 11) is 0. The third kappa shape index (κ3) is 7.15. The molecule has 7 aromatic carbocycles. The van der Waals surface area contributed by atoms with Gasteiger partial charge in [-0.2, -0.15) is 0 Å². The highest BCUT2D eigenvalue weighted by Crippen LogP contribution is 2.39. The van der Waals surface area contributed by atoms with Crippen molar-refractivity contribution >= 4 is 34.0 Å². The van der Waals surface area contributed by atoms with Crippen molar-refractivity contribution in [1.82, 2.24) is 0 Å². The van der Waals surface area contributed by atoms with Gasteiger partial charge in [0.05, 0.1) is 0 Å². The summed E-state index contributed by atoms with van der Waals surface area (Å²) >= 11 is 0. The summed E-state index contributed by atoms with van der Waals surface area (Å²) in [5, 5.41) is 3.77. The van der Waals surface area contributed by atoms with Crippen molar-refractivity contribution in [2.45, 2.75) is 6.42 Å². The highest BCUT2D eigenvalue weighted by Gasteiger charge is 2.16. The van der Waals surface area contributed by atoms with Crippen LogP contribution >= 0.6 is 0 Å². The Morgan fingerprint density at radius 1 is 0.451 bits per heavy atom. The first-order chi connectivity index (χ1) is 25.3. The van der Waals surface area contributed by atoms with Gasteiger partial charge in [-0.1, -0.05) is 151 Å². The molecule has 0 aromatic heterocycles. The molecule has 51 heavy (non-hydrogen) atoms. The monoisotopic (exact) mass is 652 g/mol. The molecule has 2 nitrogen and oxygen atoms in total. The molecule has 0 heterocycles. The first kappa shape index (κ1) is 31.4. The van der Waals surface area contributed by atoms with Crippen LogP contribution in [0.2, 0.25) is 0 Å². The van der Waals surface area contributed by atoms with Crippen LogP contribution in [0.25, 0.3) is 39.0 Å². The largest absolute Gasteiger partial charge is 0.355 e. The predicted octanol–water partition coefficient (Wildman–Crippen LogP) is 13.2. The third-order valence-electron chi connectivity index (χ3n) is 9.13. The number of allylic oxidation sites excluding steroid dienone is 4. The Kier molecular flexibility index (Phi) is 9.09. The molecule has 1 N–H and O–H groups in total. The lowest BCUT2D eigenvalue weighted by Crippen LogP contribution is -2.10. The van der Waals surface area contributed by atoms with Gasteiger partial charge in [-0.25, -0.2) is 0 Å². The summed E-state index contributed by atoms with van der Waals surface area (Å²) in [5.41, 5.74) is 14.5. The van der Waals surface area contributed by atoms with Gasteiger partial charge in [-0.05, 0) is 94.1 Å². The number of para-hydroxylation sites is 1. The van der Waals surface area contributed by atoms with Gasteiger partial charge in [-0.3, -0.25) is 0 Å². The minimum atomic E-state index is 0.745. The number of anilines is 5. The van der Waals surface area contributed by atoms with Crippen LogP contribution in [0, 0.1) is 11.8 Å². The van der Waals surface area contributed by atoms with E-state index in [1.807, 2.05) is 0 Å². The second kappa shape index (κ2) is 14.7. The van der Waals surface area contributed by atoms with E-state index in [0.717, 1.165) is 46.0 Å². The van der Waals surface area contributed by atoms with Crippen LogP contribution in [-0.2, 0) is 0 Å². The fraction of sp³-hybridized carbons (Fsp3) is 0.0204. The summed E-state index contributed by atoms with van der Waals surface area (Å²) in [6.45, 7) is 0. The molecule has 0 atom stereocenters. The van der Waals surface area contributed by atoms with Gasteiger partial charge < -0.3 is 10.2 Å². The van der Waals surface area contributed by atoms with Gasteiger partial charge in [0.2, 0.25) is 0 Å². The fourth-order valence-electron chi connectivity index (χ4n) is 6.49. The molecular formula is C49H36N2. The minimum Gasteiger partial charge on any atom is -0.355 e. The van der Waals surface area contributed by atoms with E-state index in [-0.39, 0.29) is 0 Å². The summed E-state index contributed by atoms with van der Waals surface area (Å²) in [5.74, 6) is 6.69. The van der Waals surface area contributed by atoms with E-state index in [1.54, 1.807) is 0 Å². The molecule has 0 saturated carbocycles. The molecule has 0 spiro atoms. The summed E-state index contributed by atoms with van der Waals surface area (Å²) in [4.78, 5) is 2.30. The molecule has 0 saturated heterocycles. The zero-order valence-electron chi connectivity index (χ0n) is 28.2. The molecule has 1 aliphatic rings. The maximum atomic E-state index is 3.77. The van der Waals surface area contributed by atoms with Gasteiger partial charge in [0.25, 0.3) is 0 Å². The Bertz CT molecular complexity index is 2360. The van der Waals surface area contributed by atoms with Crippen molar-refractivity contribution in [1.29, 1.82) is 0 Å². The van der Waals surface area contributed by atoms with Crippen LogP contribution in [0.3, 0.4) is 0 Å². The van der Waals surface area contributed by atoms with Gasteiger partial charge in [0.15, 0.2) is 0 Å². The highest BCUT2D eigenvalue weighted by atomic mass is 15.1. The van der Waals surface area contributed by atoms with Crippen LogP contribution < -0.4 is 10.2 Å². The molecule has 0 unspecified atom stereocenters. The number of rotatable bonds is 9. The summed E-state index contributed by atoms with van der Waals surface area (Å²) < 4.78 is 0. The maximum absolute atomic E-state index is 3.77. The van der Waals surface area contributed by atoms with E-state index in [2.05, 4.69) is 222 Å². The van der Waals surface area contributed by atoms with E-state index >= 15 is 0 Å². The van der Waals surface area contributed by atoms with Crippen LogP contribution in [0.5, 0.6) is 0 Å². The van der Waals surface area contributed by atoms with Gasteiger partial charge in [0, 0.05) is 46.0 Å². The summed E-state index contributed by atoms with van der Waals surface area (Å²) in [6.07, 6.45) is 7.04. The van der Waals surface area contributed by atoms with Gasteiger partial charge in [0.1, 0.15) is 0 Å². The molecule has 242 valence electrons. The van der Waals surface area contributed by atoms with Gasteiger partial charge in [-0.15, -0.1) is 0 Å². The lowest BCUT2D eigenvalue weighted by molar-refractivity contribution is 1.28. The average Bonchev–Trinajstić information content (AvgIpc) is 3.50. The van der Waals surface area contributed by atoms with Gasteiger partial charge >= 0.3 is 0 Å². The molecule has 0 aliphatic heterocycles. The molecule has 7 aromatic rings. The molecule has 1 aliphatic carbocycles. The van der Waals surface area contributed by atoms with E-state index < -0.39 is 0 Å². The topological polar surface area (TPSA) is 15.3 Å². The first-order valence-corrected chi connectivity index (χ1v) is 17.3. The number of hydrogen-bond acceptors (Lipinski definition) is 2. The molecule has 0 radical (unpaired) electrons. The minimum absolute atomic E-state index is 0.745. The Hall–Kier alpha value is -6.82. The van der Waals surface area contributed by atoms with Crippen molar-refractivity contribution in [3.8, 4) is 45.2 Å². The lowest BCUT2D eigenvalue weighted by Gasteiger charge is -2.27.